The fourth-order valence-corrected chi connectivity index (χ4v) is 10.5. The number of fused-ring (bicyclic) bond motifs is 6. The second kappa shape index (κ2) is 17.9. The van der Waals surface area contributed by atoms with Crippen molar-refractivity contribution in [2.24, 2.45) is 5.92 Å². The summed E-state index contributed by atoms with van der Waals surface area (Å²) in [6.45, 7) is 9.55. The van der Waals surface area contributed by atoms with Crippen molar-refractivity contribution in [1.82, 2.24) is 38.7 Å². The van der Waals surface area contributed by atoms with E-state index in [9.17, 15) is 39.9 Å². The van der Waals surface area contributed by atoms with Crippen LogP contribution >= 0.6 is 0 Å². The summed E-state index contributed by atoms with van der Waals surface area (Å²) in [6, 6.07) is 17.3. The number of pyridine rings is 2. The standard InChI is InChI=1S/C52H56N8O10/c1-6-33-35-21-32(9-10-40(35)53-46-37(33)25-59-42(46)23-39-38(48(59)64)27-69-49(65)52(39,68)7-2)70-51(67)56(5)26-45(63)58-17-13-29(14-18-58)12-16-57-19-15-30-20-31(8-11-41(30)57)60-47(54-55-50(60)66)36-22-34(28(3)4)43(61)24-44(36)62/h8-11,15,19-24,28-29,49,61-62,65,68H,6-7,12-14,16-18,25-27H2,1-5H3,(H,55,66)/t49?,52-/m0/s1. The van der Waals surface area contributed by atoms with Gasteiger partial charge >= 0.3 is 12.1 Å². The number of benzene rings is 3. The van der Waals surface area contributed by atoms with E-state index in [0.717, 1.165) is 53.2 Å². The van der Waals surface area contributed by atoms with Crippen LogP contribution in [-0.4, -0.2) is 109 Å². The highest BCUT2D eigenvalue weighted by molar-refractivity contribution is 5.90. The lowest BCUT2D eigenvalue weighted by Gasteiger charge is -2.37. The maximum absolute atomic E-state index is 13.8. The predicted octanol–water partition coefficient (Wildman–Crippen LogP) is 6.64. The Morgan fingerprint density at radius 3 is 2.50 bits per heavy atom. The Morgan fingerprint density at radius 1 is 0.971 bits per heavy atom. The minimum Gasteiger partial charge on any atom is -0.508 e. The average molecular weight is 953 g/mol. The number of nitrogens with zero attached hydrogens (tertiary/aromatic N) is 8. The zero-order valence-corrected chi connectivity index (χ0v) is 39.7. The molecular formula is C52H56N8O10. The van der Waals surface area contributed by atoms with Gasteiger partial charge in [0.25, 0.3) is 5.56 Å². The summed E-state index contributed by atoms with van der Waals surface area (Å²) < 4.78 is 16.5. The molecule has 7 aromatic rings. The summed E-state index contributed by atoms with van der Waals surface area (Å²) in [5.74, 6) is 0.553. The van der Waals surface area contributed by atoms with Gasteiger partial charge in [0.1, 0.15) is 29.4 Å². The van der Waals surface area contributed by atoms with Gasteiger partial charge in [0.15, 0.2) is 12.1 Å². The molecule has 3 aliphatic heterocycles. The van der Waals surface area contributed by atoms with Crippen LogP contribution in [0.25, 0.3) is 50.3 Å². The minimum atomic E-state index is -1.73. The summed E-state index contributed by atoms with van der Waals surface area (Å²) >= 11 is 0. The number of phenolic OH excluding ortho intramolecular Hbond substituents is 2. The Balaban J connectivity index is 0.748. The maximum Gasteiger partial charge on any atom is 0.415 e. The lowest BCUT2D eigenvalue weighted by molar-refractivity contribution is -0.236. The SMILES string of the molecule is CCc1c2c(nc3ccc(OC(=O)N(C)CC(=O)N4CCC(CCn5ccc6cc(-n7c(O)nnc7-c7cc(C(C)C)c(O)cc7O)ccc65)CC4)cc13)-c1cc3c(c(=O)n1C2)COC(O)[C@]3(O)CC. The van der Waals surface area contributed by atoms with E-state index >= 15 is 0 Å². The molecule has 4 aromatic heterocycles. The number of amides is 2. The smallest absolute Gasteiger partial charge is 0.415 e. The van der Waals surface area contributed by atoms with E-state index in [4.69, 9.17) is 14.5 Å². The first kappa shape index (κ1) is 46.4. The number of rotatable bonds is 11. The van der Waals surface area contributed by atoms with Crippen molar-refractivity contribution in [3.05, 3.63) is 105 Å². The van der Waals surface area contributed by atoms with Gasteiger partial charge in [-0.05, 0) is 110 Å². The molecule has 10 rings (SSSR count). The number of aryl methyl sites for hydroxylation is 2. The van der Waals surface area contributed by atoms with Crippen molar-refractivity contribution in [3.63, 3.8) is 0 Å². The van der Waals surface area contributed by atoms with E-state index in [1.165, 1.54) is 15.5 Å². The van der Waals surface area contributed by atoms with Gasteiger partial charge in [-0.1, -0.05) is 32.8 Å². The molecule has 0 spiro atoms. The second-order valence-electron chi connectivity index (χ2n) is 19.0. The number of aliphatic hydroxyl groups excluding tert-OH is 1. The third-order valence-electron chi connectivity index (χ3n) is 14.6. The lowest BCUT2D eigenvalue weighted by atomic mass is 9.85. The lowest BCUT2D eigenvalue weighted by Crippen LogP contribution is -2.47. The van der Waals surface area contributed by atoms with Crippen molar-refractivity contribution in [3.8, 4) is 51.7 Å². The zero-order chi connectivity index (χ0) is 49.3. The number of carbonyl (C=O) groups excluding carboxylic acids is 2. The molecule has 70 heavy (non-hydrogen) atoms. The van der Waals surface area contributed by atoms with Crippen molar-refractivity contribution < 1.29 is 44.6 Å². The summed E-state index contributed by atoms with van der Waals surface area (Å²) in [6.07, 6.45) is 3.22. The van der Waals surface area contributed by atoms with E-state index in [2.05, 4.69) is 14.8 Å². The highest BCUT2D eigenvalue weighted by Gasteiger charge is 2.44. The van der Waals surface area contributed by atoms with Crippen molar-refractivity contribution in [1.29, 1.82) is 0 Å². The largest absolute Gasteiger partial charge is 0.508 e. The molecule has 2 amide bonds. The normalized spacial score (nSPS) is 17.8. The number of hydrogen-bond donors (Lipinski definition) is 5. The number of aliphatic hydroxyl groups is 2. The Labute approximate surface area is 402 Å². The van der Waals surface area contributed by atoms with Crippen LogP contribution in [0.4, 0.5) is 4.79 Å². The van der Waals surface area contributed by atoms with Crippen LogP contribution in [0.2, 0.25) is 0 Å². The molecule has 3 aliphatic rings. The van der Waals surface area contributed by atoms with E-state index in [0.29, 0.717) is 76.0 Å². The molecule has 1 fully saturated rings. The molecule has 1 saturated heterocycles. The molecule has 18 nitrogen and oxygen atoms in total. The molecule has 0 saturated carbocycles. The van der Waals surface area contributed by atoms with Crippen molar-refractivity contribution in [2.45, 2.75) is 97.3 Å². The van der Waals surface area contributed by atoms with Crippen LogP contribution in [0.3, 0.4) is 0 Å². The number of carbonyl (C=O) groups is 2. The van der Waals surface area contributed by atoms with Crippen LogP contribution in [-0.2, 0) is 41.2 Å². The van der Waals surface area contributed by atoms with Crippen LogP contribution < -0.4 is 10.3 Å². The van der Waals surface area contributed by atoms with Crippen molar-refractivity contribution in [2.75, 3.05) is 26.7 Å². The molecule has 2 atom stereocenters. The van der Waals surface area contributed by atoms with Gasteiger partial charge in [-0.3, -0.25) is 9.59 Å². The van der Waals surface area contributed by atoms with Crippen molar-refractivity contribution >= 4 is 33.8 Å². The monoisotopic (exact) mass is 952 g/mol. The van der Waals surface area contributed by atoms with Crippen LogP contribution in [0.5, 0.6) is 23.3 Å². The average Bonchev–Trinajstić information content (AvgIpc) is 4.05. The summed E-state index contributed by atoms with van der Waals surface area (Å²) in [7, 11) is 1.54. The molecule has 18 heteroatoms. The first-order valence-corrected chi connectivity index (χ1v) is 23.8. The van der Waals surface area contributed by atoms with Crippen LogP contribution in [0, 0.1) is 5.92 Å². The summed E-state index contributed by atoms with van der Waals surface area (Å²) in [5.41, 5.74) is 4.85. The number of likely N-dealkylation sites (tertiary alicyclic amines) is 1. The number of aromatic hydroxyl groups is 3. The predicted molar refractivity (Wildman–Crippen MR) is 259 cm³/mol. The Morgan fingerprint density at radius 2 is 1.76 bits per heavy atom. The molecule has 0 aliphatic carbocycles. The molecular weight excluding hydrogens is 897 g/mol. The van der Waals surface area contributed by atoms with Gasteiger partial charge in [0, 0.05) is 71.9 Å². The molecule has 364 valence electrons. The first-order chi connectivity index (χ1) is 33.6. The van der Waals surface area contributed by atoms with Gasteiger partial charge in [-0.15, -0.1) is 5.10 Å². The summed E-state index contributed by atoms with van der Waals surface area (Å²) in [5, 5.41) is 63.6. The fraction of sp³-hybridized carbons (Fsp3) is 0.385. The molecule has 3 aromatic carbocycles. The molecule has 0 radical (unpaired) electrons. The van der Waals surface area contributed by atoms with Gasteiger partial charge in [-0.2, -0.15) is 0 Å². The summed E-state index contributed by atoms with van der Waals surface area (Å²) in [4.78, 5) is 48.6. The number of likely N-dealkylation sites (N-methyl/N-ethyl adjacent to an activating group) is 1. The third kappa shape index (κ3) is 7.89. The number of phenols is 2. The topological polar surface area (TPSA) is 231 Å². The Kier molecular flexibility index (Phi) is 11.9. The molecule has 5 N–H and O–H groups in total. The van der Waals surface area contributed by atoms with Gasteiger partial charge in [-0.25, -0.2) is 14.3 Å². The maximum atomic E-state index is 13.8. The molecule has 1 unspecified atom stereocenters. The Hall–Kier alpha value is -7.28. The van der Waals surface area contributed by atoms with E-state index in [1.807, 2.05) is 51.2 Å². The van der Waals surface area contributed by atoms with E-state index in [1.54, 1.807) is 53.8 Å². The fourth-order valence-electron chi connectivity index (χ4n) is 10.5. The first-order valence-electron chi connectivity index (χ1n) is 23.8. The molecule has 0 bridgehead atoms. The number of piperidine rings is 1. The number of ether oxygens (including phenoxy) is 2. The number of aromatic nitrogens is 6. The zero-order valence-electron chi connectivity index (χ0n) is 39.7. The van der Waals surface area contributed by atoms with E-state index in [-0.39, 0.29) is 66.8 Å². The highest BCUT2D eigenvalue weighted by atomic mass is 16.6. The Bertz CT molecular complexity index is 3300. The van der Waals surface area contributed by atoms with Gasteiger partial charge in [0.05, 0.1) is 41.3 Å². The molecule has 7 heterocycles. The quantitative estimate of drug-likeness (QED) is 0.0917. The third-order valence-corrected chi connectivity index (χ3v) is 14.6. The number of hydrogen-bond acceptors (Lipinski definition) is 13. The van der Waals surface area contributed by atoms with Gasteiger partial charge < -0.3 is 53.9 Å². The van der Waals surface area contributed by atoms with Gasteiger partial charge in [0.2, 0.25) is 5.91 Å². The van der Waals surface area contributed by atoms with Crippen LogP contribution in [0.1, 0.15) is 87.1 Å². The van der Waals surface area contributed by atoms with Crippen LogP contribution in [0.15, 0.2) is 71.7 Å². The second-order valence-corrected chi connectivity index (χ2v) is 19.0. The minimum absolute atomic E-state index is 0.0190. The van der Waals surface area contributed by atoms with E-state index < -0.39 is 18.0 Å². The highest BCUT2D eigenvalue weighted by Crippen LogP contribution is 2.43.